The molecule has 1 unspecified atom stereocenters. The van der Waals surface area contributed by atoms with E-state index in [2.05, 4.69) is 34.6 Å². The minimum Gasteiger partial charge on any atom is -0.358 e. The second-order valence-electron chi connectivity index (χ2n) is 5.52. The summed E-state index contributed by atoms with van der Waals surface area (Å²) in [7, 11) is 0. The number of aryl methyl sites for hydroxylation is 1. The summed E-state index contributed by atoms with van der Waals surface area (Å²) in [5.74, 6) is 0.0505. The molecule has 2 heterocycles. The largest absolute Gasteiger partial charge is 0.358 e. The average Bonchev–Trinajstić information content (AvgIpc) is 3.14. The van der Waals surface area contributed by atoms with Gasteiger partial charge in [-0.2, -0.15) is 0 Å². The first-order valence-electron chi connectivity index (χ1n) is 7.24. The number of thiophene rings is 1. The van der Waals surface area contributed by atoms with Crippen molar-refractivity contribution in [3.05, 3.63) is 57.9 Å². The van der Waals surface area contributed by atoms with Crippen LogP contribution in [0.25, 0.3) is 10.9 Å². The van der Waals surface area contributed by atoms with Crippen LogP contribution in [0, 0.1) is 0 Å². The lowest BCUT2D eigenvalue weighted by atomic mass is 9.91. The van der Waals surface area contributed by atoms with E-state index in [0.29, 0.717) is 0 Å². The fourth-order valence-electron chi connectivity index (χ4n) is 3.17. The molecule has 2 aromatic heterocycles. The van der Waals surface area contributed by atoms with Crippen LogP contribution in [0.4, 0.5) is 0 Å². The number of nitrogens with one attached hydrogen (secondary N) is 2. The second-order valence-corrected chi connectivity index (χ2v) is 6.47. The van der Waals surface area contributed by atoms with Gasteiger partial charge in [-0.3, -0.25) is 4.79 Å². The van der Waals surface area contributed by atoms with Gasteiger partial charge in [-0.05, 0) is 35.9 Å². The number of hydrogen-bond acceptors (Lipinski definition) is 2. The van der Waals surface area contributed by atoms with Crippen molar-refractivity contribution >= 4 is 28.1 Å². The molecule has 3 aromatic rings. The Balaban J connectivity index is 1.55. The van der Waals surface area contributed by atoms with Gasteiger partial charge < -0.3 is 10.3 Å². The van der Waals surface area contributed by atoms with Crippen LogP contribution in [-0.2, 0) is 12.8 Å². The first-order chi connectivity index (χ1) is 10.3. The zero-order valence-corrected chi connectivity index (χ0v) is 12.4. The van der Waals surface area contributed by atoms with E-state index in [0.717, 1.165) is 24.1 Å². The summed E-state index contributed by atoms with van der Waals surface area (Å²) < 4.78 is 0. The van der Waals surface area contributed by atoms with Crippen molar-refractivity contribution in [2.45, 2.75) is 25.3 Å². The molecule has 1 aliphatic rings. The fourth-order valence-corrected chi connectivity index (χ4v) is 3.80. The number of para-hydroxylation sites is 1. The van der Waals surface area contributed by atoms with Gasteiger partial charge in [0.2, 0.25) is 0 Å². The Morgan fingerprint density at radius 2 is 2.14 bits per heavy atom. The first-order valence-corrected chi connectivity index (χ1v) is 8.12. The van der Waals surface area contributed by atoms with Gasteiger partial charge in [-0.15, -0.1) is 11.3 Å². The summed E-state index contributed by atoms with van der Waals surface area (Å²) in [5.41, 5.74) is 3.90. The van der Waals surface area contributed by atoms with Gasteiger partial charge in [0.05, 0.1) is 4.88 Å². The Hall–Kier alpha value is -2.07. The quantitative estimate of drug-likeness (QED) is 0.746. The number of fused-ring (bicyclic) bond motifs is 3. The molecular formula is C17H16N2OS. The van der Waals surface area contributed by atoms with Crippen molar-refractivity contribution < 1.29 is 4.79 Å². The number of aromatic nitrogens is 1. The Kier molecular flexibility index (Phi) is 3.04. The Bertz CT molecular complexity index is 788. The van der Waals surface area contributed by atoms with E-state index in [-0.39, 0.29) is 11.9 Å². The van der Waals surface area contributed by atoms with Gasteiger partial charge in [0.25, 0.3) is 5.91 Å². The minimum atomic E-state index is 0.0505. The number of benzene rings is 1. The third kappa shape index (κ3) is 2.25. The van der Waals surface area contributed by atoms with E-state index < -0.39 is 0 Å². The minimum absolute atomic E-state index is 0.0505. The lowest BCUT2D eigenvalue weighted by Gasteiger charge is -2.23. The van der Waals surface area contributed by atoms with Crippen molar-refractivity contribution in [3.8, 4) is 0 Å². The lowest BCUT2D eigenvalue weighted by Crippen LogP contribution is -2.38. The summed E-state index contributed by atoms with van der Waals surface area (Å²) in [6.07, 6.45) is 2.92. The molecule has 1 amide bonds. The highest BCUT2D eigenvalue weighted by molar-refractivity contribution is 7.12. The topological polar surface area (TPSA) is 44.9 Å². The third-order valence-corrected chi connectivity index (χ3v) is 5.04. The molecule has 21 heavy (non-hydrogen) atoms. The summed E-state index contributed by atoms with van der Waals surface area (Å²) in [6.45, 7) is 0. The van der Waals surface area contributed by atoms with Gasteiger partial charge in [0, 0.05) is 29.1 Å². The number of H-pyrrole nitrogens is 1. The second kappa shape index (κ2) is 5.04. The monoisotopic (exact) mass is 296 g/mol. The molecule has 0 radical (unpaired) electrons. The van der Waals surface area contributed by atoms with Crippen molar-refractivity contribution in [2.75, 3.05) is 0 Å². The Morgan fingerprint density at radius 1 is 1.24 bits per heavy atom. The Morgan fingerprint density at radius 3 is 3.00 bits per heavy atom. The average molecular weight is 296 g/mol. The number of aromatic amines is 1. The molecule has 0 bridgehead atoms. The van der Waals surface area contributed by atoms with Crippen LogP contribution in [0.5, 0.6) is 0 Å². The SMILES string of the molecule is O=C(NC1CCc2c([nH]c3ccccc23)C1)c1cccs1. The van der Waals surface area contributed by atoms with Crippen LogP contribution < -0.4 is 5.32 Å². The maximum absolute atomic E-state index is 12.1. The smallest absolute Gasteiger partial charge is 0.261 e. The molecule has 1 atom stereocenters. The van der Waals surface area contributed by atoms with Crippen LogP contribution in [0.15, 0.2) is 41.8 Å². The highest BCUT2D eigenvalue weighted by Gasteiger charge is 2.23. The molecule has 0 saturated carbocycles. The fraction of sp³-hybridized carbons (Fsp3) is 0.235. The number of carbonyl (C=O) groups is 1. The number of amides is 1. The molecular weight excluding hydrogens is 280 g/mol. The zero-order valence-electron chi connectivity index (χ0n) is 11.6. The van der Waals surface area contributed by atoms with E-state index in [1.807, 2.05) is 17.5 Å². The molecule has 4 rings (SSSR count). The maximum Gasteiger partial charge on any atom is 0.261 e. The molecule has 0 spiro atoms. The van der Waals surface area contributed by atoms with Crippen LogP contribution in [0.3, 0.4) is 0 Å². The molecule has 2 N–H and O–H groups in total. The zero-order chi connectivity index (χ0) is 14.2. The van der Waals surface area contributed by atoms with E-state index in [1.54, 1.807) is 0 Å². The highest BCUT2D eigenvalue weighted by Crippen LogP contribution is 2.29. The molecule has 1 aromatic carbocycles. The number of hydrogen-bond donors (Lipinski definition) is 2. The summed E-state index contributed by atoms with van der Waals surface area (Å²) in [6, 6.07) is 12.4. The van der Waals surface area contributed by atoms with Crippen LogP contribution in [-0.4, -0.2) is 16.9 Å². The molecule has 3 nitrogen and oxygen atoms in total. The van der Waals surface area contributed by atoms with Crippen LogP contribution in [0.1, 0.15) is 27.3 Å². The molecule has 0 saturated heterocycles. The first kappa shape index (κ1) is 12.7. The summed E-state index contributed by atoms with van der Waals surface area (Å²) >= 11 is 1.49. The van der Waals surface area contributed by atoms with Gasteiger partial charge >= 0.3 is 0 Å². The van der Waals surface area contributed by atoms with Crippen molar-refractivity contribution in [2.24, 2.45) is 0 Å². The molecule has 106 valence electrons. The van der Waals surface area contributed by atoms with Crippen molar-refractivity contribution in [3.63, 3.8) is 0 Å². The van der Waals surface area contributed by atoms with Crippen LogP contribution in [0.2, 0.25) is 0 Å². The normalized spacial score (nSPS) is 17.6. The van der Waals surface area contributed by atoms with Crippen LogP contribution >= 0.6 is 11.3 Å². The van der Waals surface area contributed by atoms with E-state index >= 15 is 0 Å². The Labute approximate surface area is 127 Å². The van der Waals surface area contributed by atoms with Gasteiger partial charge in [-0.25, -0.2) is 0 Å². The standard InChI is InChI=1S/C17H16N2OS/c20-17(16-6-3-9-21-16)18-11-7-8-13-12-4-1-2-5-14(12)19-15(13)10-11/h1-6,9,11,19H,7-8,10H2,(H,18,20). The molecule has 0 fully saturated rings. The molecule has 0 aliphatic heterocycles. The van der Waals surface area contributed by atoms with Crippen molar-refractivity contribution in [1.82, 2.24) is 10.3 Å². The summed E-state index contributed by atoms with van der Waals surface area (Å²) in [4.78, 5) is 16.4. The van der Waals surface area contributed by atoms with E-state index in [4.69, 9.17) is 0 Å². The van der Waals surface area contributed by atoms with Gasteiger partial charge in [0.15, 0.2) is 0 Å². The predicted octanol–water partition coefficient (Wildman–Crippen LogP) is 3.52. The molecule has 1 aliphatic carbocycles. The van der Waals surface area contributed by atoms with Gasteiger partial charge in [-0.1, -0.05) is 24.3 Å². The van der Waals surface area contributed by atoms with E-state index in [9.17, 15) is 4.79 Å². The lowest BCUT2D eigenvalue weighted by molar-refractivity contribution is 0.0937. The summed E-state index contributed by atoms with van der Waals surface area (Å²) in [5, 5.41) is 6.42. The number of rotatable bonds is 2. The van der Waals surface area contributed by atoms with Gasteiger partial charge in [0.1, 0.15) is 0 Å². The van der Waals surface area contributed by atoms with Crippen molar-refractivity contribution in [1.29, 1.82) is 0 Å². The third-order valence-electron chi connectivity index (χ3n) is 4.18. The maximum atomic E-state index is 12.1. The predicted molar refractivity (Wildman–Crippen MR) is 85.9 cm³/mol. The molecule has 4 heteroatoms. The highest BCUT2D eigenvalue weighted by atomic mass is 32.1. The number of carbonyl (C=O) groups excluding carboxylic acids is 1. The van der Waals surface area contributed by atoms with E-state index in [1.165, 1.54) is 33.5 Å².